The number of alkyl carbamates (subject to hydrolysis) is 1. The number of amides is 2. The van der Waals surface area contributed by atoms with Crippen LogP contribution in [-0.2, 0) is 19.1 Å². The normalized spacial score (nSPS) is 14.1. The second-order valence-electron chi connectivity index (χ2n) is 7.64. The van der Waals surface area contributed by atoms with E-state index in [4.69, 9.17) is 14.6 Å². The molecular weight excluding hydrogens is 412 g/mol. The molecule has 32 heavy (non-hydrogen) atoms. The van der Waals surface area contributed by atoms with Gasteiger partial charge in [-0.15, -0.1) is 0 Å². The fourth-order valence-electron chi connectivity index (χ4n) is 3.91. The molecule has 0 spiro atoms. The van der Waals surface area contributed by atoms with Gasteiger partial charge < -0.3 is 25.2 Å². The molecular formula is C24H28N2O6. The molecule has 3 N–H and O–H groups in total. The van der Waals surface area contributed by atoms with Gasteiger partial charge in [0.25, 0.3) is 5.91 Å². The van der Waals surface area contributed by atoms with Crippen LogP contribution in [0, 0.1) is 0 Å². The predicted molar refractivity (Wildman–Crippen MR) is 118 cm³/mol. The Balaban J connectivity index is 1.54. The molecule has 0 saturated heterocycles. The quantitative estimate of drug-likeness (QED) is 0.524. The van der Waals surface area contributed by atoms with E-state index in [1.807, 2.05) is 36.4 Å². The SMILES string of the molecule is CCC(CC(=O)O)NC(=O)C(CNC(=O)OCC1c2ccccc2-c2ccccc21)OC. The van der Waals surface area contributed by atoms with E-state index in [-0.39, 0.29) is 25.5 Å². The van der Waals surface area contributed by atoms with Crippen molar-refractivity contribution in [3.63, 3.8) is 0 Å². The van der Waals surface area contributed by atoms with Crippen LogP contribution in [0.3, 0.4) is 0 Å². The van der Waals surface area contributed by atoms with E-state index >= 15 is 0 Å². The van der Waals surface area contributed by atoms with Crippen molar-refractivity contribution in [2.75, 3.05) is 20.3 Å². The maximum Gasteiger partial charge on any atom is 0.407 e. The van der Waals surface area contributed by atoms with Gasteiger partial charge in [0, 0.05) is 19.1 Å². The summed E-state index contributed by atoms with van der Waals surface area (Å²) in [7, 11) is 1.35. The number of aliphatic carboxylic acids is 1. The number of carbonyl (C=O) groups excluding carboxylic acids is 2. The summed E-state index contributed by atoms with van der Waals surface area (Å²) in [6, 6.07) is 15.6. The zero-order valence-electron chi connectivity index (χ0n) is 18.2. The first kappa shape index (κ1) is 23.3. The van der Waals surface area contributed by atoms with Crippen LogP contribution in [0.25, 0.3) is 11.1 Å². The molecule has 3 rings (SSSR count). The minimum Gasteiger partial charge on any atom is -0.481 e. The average Bonchev–Trinajstić information content (AvgIpc) is 3.11. The van der Waals surface area contributed by atoms with E-state index < -0.39 is 30.1 Å². The van der Waals surface area contributed by atoms with Crippen molar-refractivity contribution in [2.45, 2.75) is 37.8 Å². The molecule has 2 atom stereocenters. The number of carboxylic acid groups (broad SMARTS) is 1. The first-order valence-electron chi connectivity index (χ1n) is 10.6. The highest BCUT2D eigenvalue weighted by Gasteiger charge is 2.29. The molecule has 0 fully saturated rings. The van der Waals surface area contributed by atoms with Crippen LogP contribution in [0.2, 0.25) is 0 Å². The molecule has 2 aromatic carbocycles. The van der Waals surface area contributed by atoms with Crippen molar-refractivity contribution < 1.29 is 29.0 Å². The molecule has 0 bridgehead atoms. The summed E-state index contributed by atoms with van der Waals surface area (Å²) in [6.07, 6.45) is -1.33. The maximum absolute atomic E-state index is 12.4. The number of carboxylic acids is 1. The Morgan fingerprint density at radius 1 is 1.03 bits per heavy atom. The van der Waals surface area contributed by atoms with Crippen LogP contribution in [0.1, 0.15) is 36.8 Å². The van der Waals surface area contributed by atoms with Crippen LogP contribution in [0.15, 0.2) is 48.5 Å². The lowest BCUT2D eigenvalue weighted by atomic mass is 9.98. The van der Waals surface area contributed by atoms with Gasteiger partial charge in [-0.3, -0.25) is 9.59 Å². The fraction of sp³-hybridized carbons (Fsp3) is 0.375. The van der Waals surface area contributed by atoms with Gasteiger partial charge in [-0.2, -0.15) is 0 Å². The summed E-state index contributed by atoms with van der Waals surface area (Å²) >= 11 is 0. The molecule has 2 amide bonds. The van der Waals surface area contributed by atoms with E-state index in [1.54, 1.807) is 6.92 Å². The summed E-state index contributed by atoms with van der Waals surface area (Å²) in [6.45, 7) is 1.85. The zero-order chi connectivity index (χ0) is 23.1. The smallest absolute Gasteiger partial charge is 0.407 e. The Hall–Kier alpha value is -3.39. The minimum atomic E-state index is -0.997. The Bertz CT molecular complexity index is 931. The lowest BCUT2D eigenvalue weighted by molar-refractivity contribution is -0.138. The Labute approximate surface area is 186 Å². The highest BCUT2D eigenvalue weighted by Crippen LogP contribution is 2.44. The Morgan fingerprint density at radius 3 is 2.16 bits per heavy atom. The number of ether oxygens (including phenoxy) is 2. The van der Waals surface area contributed by atoms with Crippen LogP contribution in [0.5, 0.6) is 0 Å². The number of benzene rings is 2. The zero-order valence-corrected chi connectivity index (χ0v) is 18.2. The van der Waals surface area contributed by atoms with Gasteiger partial charge >= 0.3 is 12.1 Å². The molecule has 8 nitrogen and oxygen atoms in total. The predicted octanol–water partition coefficient (Wildman–Crippen LogP) is 2.91. The van der Waals surface area contributed by atoms with E-state index in [2.05, 4.69) is 22.8 Å². The second kappa shape index (κ2) is 10.8. The number of hydrogen-bond donors (Lipinski definition) is 3. The largest absolute Gasteiger partial charge is 0.481 e. The van der Waals surface area contributed by atoms with E-state index in [1.165, 1.54) is 7.11 Å². The van der Waals surface area contributed by atoms with E-state index in [0.29, 0.717) is 6.42 Å². The fourth-order valence-corrected chi connectivity index (χ4v) is 3.91. The van der Waals surface area contributed by atoms with Gasteiger partial charge in [-0.05, 0) is 28.7 Å². The summed E-state index contributed by atoms with van der Waals surface area (Å²) in [5, 5.41) is 14.1. The molecule has 2 unspecified atom stereocenters. The molecule has 0 heterocycles. The van der Waals surface area contributed by atoms with Crippen molar-refractivity contribution in [1.29, 1.82) is 0 Å². The van der Waals surface area contributed by atoms with E-state index in [0.717, 1.165) is 22.3 Å². The molecule has 2 aromatic rings. The van der Waals surface area contributed by atoms with E-state index in [9.17, 15) is 14.4 Å². The van der Waals surface area contributed by atoms with Gasteiger partial charge in [0.2, 0.25) is 0 Å². The van der Waals surface area contributed by atoms with Crippen molar-refractivity contribution in [3.8, 4) is 11.1 Å². The van der Waals surface area contributed by atoms with Gasteiger partial charge in [0.05, 0.1) is 13.0 Å². The topological polar surface area (TPSA) is 114 Å². The molecule has 0 aromatic heterocycles. The lowest BCUT2D eigenvalue weighted by Crippen LogP contribution is -2.47. The van der Waals surface area contributed by atoms with Crippen LogP contribution in [-0.4, -0.2) is 55.5 Å². The monoisotopic (exact) mass is 440 g/mol. The highest BCUT2D eigenvalue weighted by atomic mass is 16.5. The van der Waals surface area contributed by atoms with Gasteiger partial charge in [-0.25, -0.2) is 4.79 Å². The Kier molecular flexibility index (Phi) is 7.83. The molecule has 0 aliphatic heterocycles. The van der Waals surface area contributed by atoms with Gasteiger partial charge in [0.1, 0.15) is 6.61 Å². The summed E-state index contributed by atoms with van der Waals surface area (Å²) < 4.78 is 10.6. The molecule has 1 aliphatic carbocycles. The van der Waals surface area contributed by atoms with Crippen LogP contribution in [0.4, 0.5) is 4.79 Å². The number of methoxy groups -OCH3 is 1. The second-order valence-corrected chi connectivity index (χ2v) is 7.64. The molecule has 0 saturated carbocycles. The van der Waals surface area contributed by atoms with Crippen molar-refractivity contribution >= 4 is 18.0 Å². The van der Waals surface area contributed by atoms with Gasteiger partial charge in [-0.1, -0.05) is 55.5 Å². The van der Waals surface area contributed by atoms with Crippen molar-refractivity contribution in [3.05, 3.63) is 59.7 Å². The standard InChI is InChI=1S/C24H28N2O6/c1-3-15(12-22(27)28)26-23(29)21(31-2)13-25-24(30)32-14-20-18-10-6-4-8-16(18)17-9-5-7-11-19(17)20/h4-11,15,20-21H,3,12-14H2,1-2H3,(H,25,30)(H,26,29)(H,27,28). The maximum atomic E-state index is 12.4. The molecule has 0 radical (unpaired) electrons. The first-order chi connectivity index (χ1) is 15.4. The Morgan fingerprint density at radius 2 is 1.62 bits per heavy atom. The lowest BCUT2D eigenvalue weighted by Gasteiger charge is -2.20. The molecule has 8 heteroatoms. The third-order valence-electron chi connectivity index (χ3n) is 5.61. The summed E-state index contributed by atoms with van der Waals surface area (Å²) in [4.78, 5) is 35.5. The molecule has 1 aliphatic rings. The number of nitrogens with one attached hydrogen (secondary N) is 2. The summed E-state index contributed by atoms with van der Waals surface area (Å²) in [5.74, 6) is -1.54. The number of rotatable bonds is 10. The highest BCUT2D eigenvalue weighted by molar-refractivity contribution is 5.83. The van der Waals surface area contributed by atoms with Crippen molar-refractivity contribution in [1.82, 2.24) is 10.6 Å². The number of hydrogen-bond acceptors (Lipinski definition) is 5. The third-order valence-corrected chi connectivity index (χ3v) is 5.61. The minimum absolute atomic E-state index is 0.0593. The van der Waals surface area contributed by atoms with Crippen molar-refractivity contribution in [2.24, 2.45) is 0 Å². The van der Waals surface area contributed by atoms with Crippen LogP contribution >= 0.6 is 0 Å². The first-order valence-corrected chi connectivity index (χ1v) is 10.6. The summed E-state index contributed by atoms with van der Waals surface area (Å²) in [5.41, 5.74) is 4.50. The average molecular weight is 440 g/mol. The van der Waals surface area contributed by atoms with Gasteiger partial charge in [0.15, 0.2) is 6.10 Å². The molecule has 170 valence electrons. The number of fused-ring (bicyclic) bond motifs is 3. The third kappa shape index (κ3) is 5.45. The number of carbonyl (C=O) groups is 3. The van der Waals surface area contributed by atoms with Crippen LogP contribution < -0.4 is 10.6 Å².